The van der Waals surface area contributed by atoms with Crippen molar-refractivity contribution in [2.24, 2.45) is 0 Å². The van der Waals surface area contributed by atoms with Crippen molar-refractivity contribution < 1.29 is 9.18 Å². The average molecular weight is 236 g/mol. The second-order valence-electron chi connectivity index (χ2n) is 4.55. The number of hydrogen-bond acceptors (Lipinski definition) is 2. The van der Waals surface area contributed by atoms with Gasteiger partial charge in [0.15, 0.2) is 0 Å². The summed E-state index contributed by atoms with van der Waals surface area (Å²) in [5.41, 5.74) is 1.36. The van der Waals surface area contributed by atoms with Crippen LogP contribution in [-0.2, 0) is 4.79 Å². The number of likely N-dealkylation sites (N-methyl/N-ethyl adjacent to an activating group) is 1. The van der Waals surface area contributed by atoms with E-state index in [0.717, 1.165) is 18.5 Å². The zero-order valence-electron chi connectivity index (χ0n) is 10.2. The summed E-state index contributed by atoms with van der Waals surface area (Å²) in [4.78, 5) is 13.5. The molecule has 1 aromatic rings. The molecule has 92 valence electrons. The predicted octanol–water partition coefficient (Wildman–Crippen LogP) is 2.17. The van der Waals surface area contributed by atoms with Crippen LogP contribution in [0.5, 0.6) is 0 Å². The molecule has 1 aromatic carbocycles. The van der Waals surface area contributed by atoms with Crippen molar-refractivity contribution in [3.8, 4) is 0 Å². The number of halogens is 1. The summed E-state index contributed by atoms with van der Waals surface area (Å²) in [6.07, 6.45) is 2.22. The summed E-state index contributed by atoms with van der Waals surface area (Å²) >= 11 is 0. The Hall–Kier alpha value is -1.58. The van der Waals surface area contributed by atoms with Gasteiger partial charge in [0.2, 0.25) is 5.91 Å². The van der Waals surface area contributed by atoms with E-state index in [1.807, 2.05) is 7.05 Å². The lowest BCUT2D eigenvalue weighted by atomic mass is 10.2. The largest absolute Gasteiger partial charge is 0.376 e. The van der Waals surface area contributed by atoms with E-state index in [-0.39, 0.29) is 18.3 Å². The third-order valence-corrected chi connectivity index (χ3v) is 3.09. The van der Waals surface area contributed by atoms with Gasteiger partial charge in [0.05, 0.1) is 6.54 Å². The van der Waals surface area contributed by atoms with Crippen molar-refractivity contribution in [1.82, 2.24) is 4.90 Å². The molecule has 17 heavy (non-hydrogen) atoms. The quantitative estimate of drug-likeness (QED) is 0.869. The molecule has 4 heteroatoms. The van der Waals surface area contributed by atoms with E-state index in [9.17, 15) is 9.18 Å². The molecule has 0 saturated heterocycles. The van der Waals surface area contributed by atoms with E-state index in [1.165, 1.54) is 6.07 Å². The van der Waals surface area contributed by atoms with Crippen LogP contribution in [0, 0.1) is 12.7 Å². The molecule has 1 N–H and O–H groups in total. The summed E-state index contributed by atoms with van der Waals surface area (Å²) in [5, 5.41) is 3.02. The van der Waals surface area contributed by atoms with Crippen molar-refractivity contribution in [2.75, 3.05) is 18.9 Å². The van der Waals surface area contributed by atoms with Crippen LogP contribution >= 0.6 is 0 Å². The number of carbonyl (C=O) groups is 1. The Bertz CT molecular complexity index is 429. The van der Waals surface area contributed by atoms with E-state index in [1.54, 1.807) is 24.0 Å². The topological polar surface area (TPSA) is 32.3 Å². The average Bonchev–Trinajstić information content (AvgIpc) is 3.13. The fraction of sp³-hybridized carbons (Fsp3) is 0.462. The summed E-state index contributed by atoms with van der Waals surface area (Å²) in [6.45, 7) is 1.97. The SMILES string of the molecule is Cc1cc(NCC(=O)N(C)C2CC2)ccc1F. The molecule has 1 amide bonds. The van der Waals surface area contributed by atoms with E-state index in [4.69, 9.17) is 0 Å². The highest BCUT2D eigenvalue weighted by Gasteiger charge is 2.29. The molecule has 0 aromatic heterocycles. The normalized spacial score (nSPS) is 14.5. The van der Waals surface area contributed by atoms with Crippen LogP contribution in [0.15, 0.2) is 18.2 Å². The van der Waals surface area contributed by atoms with Gasteiger partial charge in [-0.2, -0.15) is 0 Å². The summed E-state index contributed by atoms with van der Waals surface area (Å²) in [6, 6.07) is 5.19. The van der Waals surface area contributed by atoms with Crippen molar-refractivity contribution in [3.63, 3.8) is 0 Å². The summed E-state index contributed by atoms with van der Waals surface area (Å²) < 4.78 is 13.0. The highest BCUT2D eigenvalue weighted by molar-refractivity contribution is 5.81. The second kappa shape index (κ2) is 4.73. The first-order valence-electron chi connectivity index (χ1n) is 5.83. The first kappa shape index (κ1) is 11.9. The van der Waals surface area contributed by atoms with Crippen LogP contribution < -0.4 is 5.32 Å². The van der Waals surface area contributed by atoms with Crippen LogP contribution in [-0.4, -0.2) is 30.4 Å². The smallest absolute Gasteiger partial charge is 0.241 e. The van der Waals surface area contributed by atoms with Gasteiger partial charge in [0.1, 0.15) is 5.82 Å². The highest BCUT2D eigenvalue weighted by Crippen LogP contribution is 2.25. The van der Waals surface area contributed by atoms with E-state index >= 15 is 0 Å². The molecule has 0 atom stereocenters. The molecule has 1 aliphatic rings. The van der Waals surface area contributed by atoms with Crippen molar-refractivity contribution in [3.05, 3.63) is 29.6 Å². The molecule has 3 nitrogen and oxygen atoms in total. The molecule has 0 spiro atoms. The molecule has 1 fully saturated rings. The number of rotatable bonds is 4. The maximum atomic E-state index is 13.0. The highest BCUT2D eigenvalue weighted by atomic mass is 19.1. The minimum absolute atomic E-state index is 0.0782. The number of hydrogen-bond donors (Lipinski definition) is 1. The van der Waals surface area contributed by atoms with E-state index < -0.39 is 0 Å². The number of benzene rings is 1. The number of carbonyl (C=O) groups excluding carboxylic acids is 1. The van der Waals surface area contributed by atoms with Gasteiger partial charge in [0, 0.05) is 18.8 Å². The summed E-state index contributed by atoms with van der Waals surface area (Å²) in [5.74, 6) is -0.147. The number of nitrogens with one attached hydrogen (secondary N) is 1. The van der Waals surface area contributed by atoms with Crippen LogP contribution in [0.1, 0.15) is 18.4 Å². The maximum absolute atomic E-state index is 13.0. The molecule has 1 saturated carbocycles. The number of aryl methyl sites for hydroxylation is 1. The van der Waals surface area contributed by atoms with Crippen molar-refractivity contribution in [2.45, 2.75) is 25.8 Å². The molecule has 1 aliphatic carbocycles. The number of amides is 1. The van der Waals surface area contributed by atoms with E-state index in [0.29, 0.717) is 11.6 Å². The lowest BCUT2D eigenvalue weighted by molar-refractivity contribution is -0.128. The zero-order chi connectivity index (χ0) is 12.4. The number of nitrogens with zero attached hydrogens (tertiary/aromatic N) is 1. The molecule has 0 unspecified atom stereocenters. The molecule has 2 rings (SSSR count). The first-order chi connectivity index (χ1) is 8.08. The Kier molecular flexibility index (Phi) is 3.31. The minimum Gasteiger partial charge on any atom is -0.376 e. The lowest BCUT2D eigenvalue weighted by Gasteiger charge is -2.17. The molecule has 0 bridgehead atoms. The van der Waals surface area contributed by atoms with Gasteiger partial charge < -0.3 is 10.2 Å². The summed E-state index contributed by atoms with van der Waals surface area (Å²) in [7, 11) is 1.83. The maximum Gasteiger partial charge on any atom is 0.241 e. The lowest BCUT2D eigenvalue weighted by Crippen LogP contribution is -2.33. The molecule has 0 heterocycles. The standard InChI is InChI=1S/C13H17FN2O/c1-9-7-10(3-6-12(9)14)15-8-13(17)16(2)11-4-5-11/h3,6-7,11,15H,4-5,8H2,1-2H3. The van der Waals surface area contributed by atoms with Crippen molar-refractivity contribution in [1.29, 1.82) is 0 Å². The second-order valence-corrected chi connectivity index (χ2v) is 4.55. The van der Waals surface area contributed by atoms with Gasteiger partial charge >= 0.3 is 0 Å². The Morgan fingerprint density at radius 3 is 2.82 bits per heavy atom. The third-order valence-electron chi connectivity index (χ3n) is 3.09. The molecular formula is C13H17FN2O. The zero-order valence-corrected chi connectivity index (χ0v) is 10.2. The molecule has 0 aliphatic heterocycles. The Labute approximate surface area is 101 Å². The first-order valence-corrected chi connectivity index (χ1v) is 5.83. The van der Waals surface area contributed by atoms with Crippen LogP contribution in [0.3, 0.4) is 0 Å². The van der Waals surface area contributed by atoms with Gasteiger partial charge in [-0.1, -0.05) is 0 Å². The Morgan fingerprint density at radius 2 is 2.24 bits per heavy atom. The monoisotopic (exact) mass is 236 g/mol. The van der Waals surface area contributed by atoms with Gasteiger partial charge in [-0.3, -0.25) is 4.79 Å². The number of anilines is 1. The van der Waals surface area contributed by atoms with Gasteiger partial charge in [-0.05, 0) is 43.5 Å². The van der Waals surface area contributed by atoms with Crippen LogP contribution in [0.25, 0.3) is 0 Å². The van der Waals surface area contributed by atoms with Gasteiger partial charge in [-0.25, -0.2) is 4.39 Å². The van der Waals surface area contributed by atoms with Gasteiger partial charge in [0.25, 0.3) is 0 Å². The Balaban J connectivity index is 1.88. The predicted molar refractivity (Wildman–Crippen MR) is 65.4 cm³/mol. The van der Waals surface area contributed by atoms with Crippen LogP contribution in [0.4, 0.5) is 10.1 Å². The molecule has 0 radical (unpaired) electrons. The van der Waals surface area contributed by atoms with Crippen molar-refractivity contribution >= 4 is 11.6 Å². The van der Waals surface area contributed by atoms with Crippen LogP contribution in [0.2, 0.25) is 0 Å². The van der Waals surface area contributed by atoms with E-state index in [2.05, 4.69) is 5.32 Å². The van der Waals surface area contributed by atoms with Gasteiger partial charge in [-0.15, -0.1) is 0 Å². The fourth-order valence-corrected chi connectivity index (χ4v) is 1.72. The minimum atomic E-state index is -0.225. The fourth-order valence-electron chi connectivity index (χ4n) is 1.72. The third kappa shape index (κ3) is 2.96. The molecular weight excluding hydrogens is 219 g/mol. The Morgan fingerprint density at radius 1 is 1.53 bits per heavy atom.